The second-order valence-corrected chi connectivity index (χ2v) is 3.91. The SMILES string of the molecule is COC(=O)Nc1nc(N)ccc1N=Nc1ccccc1O. The van der Waals surface area contributed by atoms with Crippen LogP contribution in [0.1, 0.15) is 0 Å². The van der Waals surface area contributed by atoms with Crippen molar-refractivity contribution in [1.29, 1.82) is 0 Å². The number of methoxy groups -OCH3 is 1. The molecular weight excluding hydrogens is 274 g/mol. The maximum absolute atomic E-state index is 11.2. The average Bonchev–Trinajstić information content (AvgIpc) is 2.48. The molecule has 8 heteroatoms. The molecule has 1 amide bonds. The number of carbonyl (C=O) groups is 1. The highest BCUT2D eigenvalue weighted by molar-refractivity contribution is 5.87. The van der Waals surface area contributed by atoms with E-state index < -0.39 is 6.09 Å². The molecule has 0 unspecified atom stereocenters. The van der Waals surface area contributed by atoms with Crippen molar-refractivity contribution in [3.05, 3.63) is 36.4 Å². The summed E-state index contributed by atoms with van der Waals surface area (Å²) >= 11 is 0. The van der Waals surface area contributed by atoms with Crippen molar-refractivity contribution >= 4 is 29.1 Å². The molecule has 2 rings (SSSR count). The Morgan fingerprint density at radius 3 is 2.67 bits per heavy atom. The van der Waals surface area contributed by atoms with E-state index in [0.717, 1.165) is 0 Å². The maximum atomic E-state index is 11.2. The number of anilines is 2. The number of nitrogens with zero attached hydrogens (tertiary/aromatic N) is 3. The average molecular weight is 287 g/mol. The lowest BCUT2D eigenvalue weighted by molar-refractivity contribution is 0.187. The number of hydrogen-bond donors (Lipinski definition) is 3. The summed E-state index contributed by atoms with van der Waals surface area (Å²) in [6.45, 7) is 0. The molecule has 108 valence electrons. The van der Waals surface area contributed by atoms with Crippen molar-refractivity contribution in [2.45, 2.75) is 0 Å². The lowest BCUT2D eigenvalue weighted by Crippen LogP contribution is -2.12. The fourth-order valence-corrected chi connectivity index (χ4v) is 1.44. The van der Waals surface area contributed by atoms with Gasteiger partial charge in [-0.15, -0.1) is 10.2 Å². The number of hydrogen-bond acceptors (Lipinski definition) is 7. The Morgan fingerprint density at radius 1 is 1.24 bits per heavy atom. The zero-order valence-corrected chi connectivity index (χ0v) is 11.1. The van der Waals surface area contributed by atoms with Crippen LogP contribution in [0.3, 0.4) is 0 Å². The van der Waals surface area contributed by atoms with Gasteiger partial charge in [-0.3, -0.25) is 5.32 Å². The van der Waals surface area contributed by atoms with Crippen LogP contribution in [0.25, 0.3) is 0 Å². The first kappa shape index (κ1) is 14.3. The van der Waals surface area contributed by atoms with Crippen LogP contribution in [0.2, 0.25) is 0 Å². The predicted molar refractivity (Wildman–Crippen MR) is 77.0 cm³/mol. The van der Waals surface area contributed by atoms with Crippen molar-refractivity contribution in [2.24, 2.45) is 10.2 Å². The van der Waals surface area contributed by atoms with Crippen molar-refractivity contribution < 1.29 is 14.6 Å². The normalized spacial score (nSPS) is 10.5. The zero-order valence-electron chi connectivity index (χ0n) is 11.1. The molecule has 0 atom stereocenters. The van der Waals surface area contributed by atoms with Crippen LogP contribution in [0.15, 0.2) is 46.6 Å². The molecule has 0 bridgehead atoms. The van der Waals surface area contributed by atoms with Gasteiger partial charge in [-0.05, 0) is 24.3 Å². The lowest BCUT2D eigenvalue weighted by Gasteiger charge is -2.06. The van der Waals surface area contributed by atoms with Gasteiger partial charge in [0.15, 0.2) is 5.82 Å². The molecule has 8 nitrogen and oxygen atoms in total. The summed E-state index contributed by atoms with van der Waals surface area (Å²) in [5.74, 6) is 0.316. The van der Waals surface area contributed by atoms with E-state index in [0.29, 0.717) is 5.69 Å². The number of phenolic OH excluding ortho intramolecular Hbond substituents is 1. The Hall–Kier alpha value is -3.16. The number of pyridine rings is 1. The highest BCUT2D eigenvalue weighted by Crippen LogP contribution is 2.30. The van der Waals surface area contributed by atoms with Gasteiger partial charge in [0.05, 0.1) is 7.11 Å². The van der Waals surface area contributed by atoms with Crippen molar-refractivity contribution in [3.63, 3.8) is 0 Å². The van der Waals surface area contributed by atoms with Crippen LogP contribution in [0.4, 0.5) is 27.8 Å². The molecule has 1 aromatic carbocycles. The molecule has 0 radical (unpaired) electrons. The quantitative estimate of drug-likeness (QED) is 0.749. The molecule has 21 heavy (non-hydrogen) atoms. The van der Waals surface area contributed by atoms with Crippen LogP contribution in [0, 0.1) is 0 Å². The number of nitrogens with two attached hydrogens (primary N) is 1. The molecule has 0 saturated carbocycles. The van der Waals surface area contributed by atoms with Gasteiger partial charge >= 0.3 is 6.09 Å². The van der Waals surface area contributed by atoms with E-state index in [9.17, 15) is 9.90 Å². The summed E-state index contributed by atoms with van der Waals surface area (Å²) in [6, 6.07) is 9.52. The van der Waals surface area contributed by atoms with Gasteiger partial charge in [0.25, 0.3) is 0 Å². The summed E-state index contributed by atoms with van der Waals surface area (Å²) in [7, 11) is 1.23. The minimum absolute atomic E-state index is 0.00729. The first-order chi connectivity index (χ1) is 10.1. The van der Waals surface area contributed by atoms with Crippen LogP contribution < -0.4 is 11.1 Å². The van der Waals surface area contributed by atoms with Crippen LogP contribution >= 0.6 is 0 Å². The van der Waals surface area contributed by atoms with Crippen LogP contribution in [-0.2, 0) is 4.74 Å². The number of amides is 1. The van der Waals surface area contributed by atoms with Crippen molar-refractivity contribution in [3.8, 4) is 5.75 Å². The van der Waals surface area contributed by atoms with Crippen molar-refractivity contribution in [1.82, 2.24) is 4.98 Å². The maximum Gasteiger partial charge on any atom is 0.412 e. The molecule has 2 aromatic rings. The number of aromatic hydroxyl groups is 1. The smallest absolute Gasteiger partial charge is 0.412 e. The lowest BCUT2D eigenvalue weighted by atomic mass is 10.3. The molecule has 0 aliphatic heterocycles. The highest BCUT2D eigenvalue weighted by Gasteiger charge is 2.09. The molecule has 1 heterocycles. The summed E-state index contributed by atoms with van der Waals surface area (Å²) in [6.07, 6.45) is -0.702. The Balaban J connectivity index is 2.31. The number of nitrogens with one attached hydrogen (secondary N) is 1. The number of azo groups is 1. The van der Waals surface area contributed by atoms with E-state index in [1.165, 1.54) is 25.3 Å². The Kier molecular flexibility index (Phi) is 4.30. The number of carbonyl (C=O) groups excluding carboxylic acids is 1. The van der Waals surface area contributed by atoms with Crippen molar-refractivity contribution in [2.75, 3.05) is 18.2 Å². The number of nitrogen functional groups attached to an aromatic ring is 1. The minimum Gasteiger partial charge on any atom is -0.506 e. The summed E-state index contributed by atoms with van der Waals surface area (Å²) in [4.78, 5) is 15.2. The fraction of sp³-hybridized carbons (Fsp3) is 0.0769. The third-order valence-electron chi connectivity index (χ3n) is 2.45. The molecule has 0 spiro atoms. The van der Waals surface area contributed by atoms with Gasteiger partial charge in [-0.25, -0.2) is 9.78 Å². The third kappa shape index (κ3) is 3.66. The highest BCUT2D eigenvalue weighted by atomic mass is 16.5. The molecule has 1 aromatic heterocycles. The topological polar surface area (TPSA) is 122 Å². The monoisotopic (exact) mass is 287 g/mol. The van der Waals surface area contributed by atoms with Crippen LogP contribution in [0.5, 0.6) is 5.75 Å². The van der Waals surface area contributed by atoms with Gasteiger partial charge in [0.1, 0.15) is 22.9 Å². The first-order valence-electron chi connectivity index (χ1n) is 5.91. The minimum atomic E-state index is -0.702. The second-order valence-electron chi connectivity index (χ2n) is 3.91. The molecule has 0 aliphatic carbocycles. The van der Waals surface area contributed by atoms with E-state index in [4.69, 9.17) is 5.73 Å². The van der Waals surface area contributed by atoms with E-state index in [2.05, 4.69) is 25.3 Å². The van der Waals surface area contributed by atoms with Gasteiger partial charge < -0.3 is 15.6 Å². The predicted octanol–water partition coefficient (Wildman–Crippen LogP) is 2.96. The fourth-order valence-electron chi connectivity index (χ4n) is 1.44. The van der Waals surface area contributed by atoms with Gasteiger partial charge in [0.2, 0.25) is 0 Å². The third-order valence-corrected chi connectivity index (χ3v) is 2.45. The largest absolute Gasteiger partial charge is 0.506 e. The summed E-state index contributed by atoms with van der Waals surface area (Å²) < 4.78 is 4.49. The molecule has 0 saturated heterocycles. The number of aromatic nitrogens is 1. The zero-order chi connectivity index (χ0) is 15.2. The van der Waals surface area contributed by atoms with Crippen LogP contribution in [-0.4, -0.2) is 23.3 Å². The number of ether oxygens (including phenoxy) is 1. The van der Waals surface area contributed by atoms with E-state index in [-0.39, 0.29) is 23.1 Å². The number of rotatable bonds is 3. The molecular formula is C13H13N5O3. The van der Waals surface area contributed by atoms with Gasteiger partial charge in [-0.1, -0.05) is 12.1 Å². The summed E-state index contributed by atoms with van der Waals surface area (Å²) in [5.41, 5.74) is 6.13. The Labute approximate surface area is 120 Å². The first-order valence-corrected chi connectivity index (χ1v) is 5.91. The van der Waals surface area contributed by atoms with E-state index in [1.807, 2.05) is 0 Å². The standard InChI is InChI=1S/C13H13N5O3/c1-21-13(20)16-12-9(6-7-11(14)15-12)18-17-8-4-2-3-5-10(8)19/h2-7,19H,1H3,(H3,14,15,16,20). The van der Waals surface area contributed by atoms with E-state index in [1.54, 1.807) is 18.2 Å². The van der Waals surface area contributed by atoms with E-state index >= 15 is 0 Å². The molecule has 0 aliphatic rings. The second kappa shape index (κ2) is 6.33. The Bertz CT molecular complexity index is 687. The molecule has 4 N–H and O–H groups in total. The van der Waals surface area contributed by atoms with Gasteiger partial charge in [-0.2, -0.15) is 0 Å². The number of para-hydroxylation sites is 1. The Morgan fingerprint density at radius 2 is 1.95 bits per heavy atom. The molecule has 0 fully saturated rings. The number of phenols is 1. The number of benzene rings is 1. The van der Waals surface area contributed by atoms with Gasteiger partial charge in [0, 0.05) is 0 Å². The summed E-state index contributed by atoms with van der Waals surface area (Å²) in [5, 5.41) is 19.8.